The van der Waals surface area contributed by atoms with Gasteiger partial charge in [0.1, 0.15) is 0 Å². The predicted octanol–water partition coefficient (Wildman–Crippen LogP) is 4.80. The first-order valence-corrected chi connectivity index (χ1v) is 7.54. The van der Waals surface area contributed by atoms with Gasteiger partial charge in [-0.3, -0.25) is 0 Å². The van der Waals surface area contributed by atoms with Crippen LogP contribution < -0.4 is 5.32 Å². The lowest BCUT2D eigenvalue weighted by Crippen LogP contribution is -2.32. The zero-order valence-corrected chi connectivity index (χ0v) is 12.4. The second kappa shape index (κ2) is 6.27. The minimum Gasteiger partial charge on any atom is -0.320 e. The van der Waals surface area contributed by atoms with E-state index in [4.69, 9.17) is 23.2 Å². The Morgan fingerprint density at radius 2 is 1.83 bits per heavy atom. The third-order valence-corrected chi connectivity index (χ3v) is 4.94. The van der Waals surface area contributed by atoms with Crippen molar-refractivity contribution in [1.82, 2.24) is 5.32 Å². The molecule has 0 amide bonds. The van der Waals surface area contributed by atoms with Gasteiger partial charge in [0.2, 0.25) is 0 Å². The van der Waals surface area contributed by atoms with E-state index >= 15 is 0 Å². The molecule has 1 aliphatic rings. The SMILES string of the molecule is CNCCC1(c2ccc(Cl)c(Cl)c2)CCCCC1. The highest BCUT2D eigenvalue weighted by atomic mass is 35.5. The van der Waals surface area contributed by atoms with Crippen LogP contribution in [0.2, 0.25) is 10.0 Å². The number of hydrogen-bond acceptors (Lipinski definition) is 1. The van der Waals surface area contributed by atoms with Crippen LogP contribution in [0.25, 0.3) is 0 Å². The van der Waals surface area contributed by atoms with Crippen LogP contribution in [-0.4, -0.2) is 13.6 Å². The van der Waals surface area contributed by atoms with Crippen LogP contribution >= 0.6 is 23.2 Å². The molecule has 1 fully saturated rings. The van der Waals surface area contributed by atoms with E-state index in [9.17, 15) is 0 Å². The van der Waals surface area contributed by atoms with Crippen molar-refractivity contribution in [1.29, 1.82) is 0 Å². The lowest BCUT2D eigenvalue weighted by molar-refractivity contribution is 0.273. The number of nitrogens with one attached hydrogen (secondary N) is 1. The molecule has 18 heavy (non-hydrogen) atoms. The van der Waals surface area contributed by atoms with Crippen LogP contribution in [0.3, 0.4) is 0 Å². The maximum absolute atomic E-state index is 6.18. The normalized spacial score (nSPS) is 18.8. The molecule has 100 valence electrons. The first-order valence-electron chi connectivity index (χ1n) is 6.78. The smallest absolute Gasteiger partial charge is 0.0595 e. The molecule has 0 aromatic heterocycles. The molecule has 3 heteroatoms. The molecule has 1 nitrogen and oxygen atoms in total. The fourth-order valence-corrected chi connectivity index (χ4v) is 3.40. The van der Waals surface area contributed by atoms with E-state index in [0.29, 0.717) is 15.5 Å². The van der Waals surface area contributed by atoms with Gasteiger partial charge in [-0.25, -0.2) is 0 Å². The van der Waals surface area contributed by atoms with Gasteiger partial charge in [0.05, 0.1) is 10.0 Å². The number of hydrogen-bond donors (Lipinski definition) is 1. The quantitative estimate of drug-likeness (QED) is 0.838. The summed E-state index contributed by atoms with van der Waals surface area (Å²) in [5.74, 6) is 0. The maximum Gasteiger partial charge on any atom is 0.0595 e. The Labute approximate surface area is 120 Å². The van der Waals surface area contributed by atoms with E-state index in [2.05, 4.69) is 17.4 Å². The Bertz CT molecular complexity index is 397. The highest BCUT2D eigenvalue weighted by molar-refractivity contribution is 6.42. The highest BCUT2D eigenvalue weighted by Crippen LogP contribution is 2.43. The first kappa shape index (κ1) is 14.2. The molecule has 0 saturated heterocycles. The van der Waals surface area contributed by atoms with Gasteiger partial charge in [0.15, 0.2) is 0 Å². The Hall–Kier alpha value is -0.240. The van der Waals surface area contributed by atoms with Gasteiger partial charge in [-0.2, -0.15) is 0 Å². The standard InChI is InChI=1S/C15H21Cl2N/c1-18-10-9-15(7-3-2-4-8-15)12-5-6-13(16)14(17)11-12/h5-6,11,18H,2-4,7-10H2,1H3. The summed E-state index contributed by atoms with van der Waals surface area (Å²) in [6, 6.07) is 6.18. The summed E-state index contributed by atoms with van der Waals surface area (Å²) >= 11 is 12.2. The summed E-state index contributed by atoms with van der Waals surface area (Å²) in [6.07, 6.45) is 7.73. The van der Waals surface area contributed by atoms with Gasteiger partial charge in [0.25, 0.3) is 0 Å². The highest BCUT2D eigenvalue weighted by Gasteiger charge is 2.33. The molecule has 0 heterocycles. The Morgan fingerprint density at radius 3 is 2.44 bits per heavy atom. The fourth-order valence-electron chi connectivity index (χ4n) is 3.10. The minimum atomic E-state index is 0.301. The molecular weight excluding hydrogens is 265 g/mol. The largest absolute Gasteiger partial charge is 0.320 e. The van der Waals surface area contributed by atoms with Gasteiger partial charge in [-0.15, -0.1) is 0 Å². The van der Waals surface area contributed by atoms with E-state index in [0.717, 1.165) is 6.54 Å². The van der Waals surface area contributed by atoms with Crippen LogP contribution in [-0.2, 0) is 5.41 Å². The second-order valence-corrected chi connectivity index (χ2v) is 6.14. The van der Waals surface area contributed by atoms with Gasteiger partial charge < -0.3 is 5.32 Å². The number of benzene rings is 1. The van der Waals surface area contributed by atoms with E-state index in [-0.39, 0.29) is 0 Å². The summed E-state index contributed by atoms with van der Waals surface area (Å²) in [7, 11) is 2.02. The molecule has 1 aliphatic carbocycles. The zero-order chi connectivity index (χ0) is 13.0. The van der Waals surface area contributed by atoms with Crippen LogP contribution in [0.1, 0.15) is 44.1 Å². The summed E-state index contributed by atoms with van der Waals surface area (Å²) in [6.45, 7) is 1.06. The lowest BCUT2D eigenvalue weighted by Gasteiger charge is -2.38. The predicted molar refractivity (Wildman–Crippen MR) is 79.8 cm³/mol. The Morgan fingerprint density at radius 1 is 1.11 bits per heavy atom. The van der Waals surface area contributed by atoms with E-state index < -0.39 is 0 Å². The van der Waals surface area contributed by atoms with Crippen LogP contribution in [0.5, 0.6) is 0 Å². The van der Waals surface area contributed by atoms with Gasteiger partial charge >= 0.3 is 0 Å². The lowest BCUT2D eigenvalue weighted by atomic mass is 9.67. The molecular formula is C15H21Cl2N. The fraction of sp³-hybridized carbons (Fsp3) is 0.600. The maximum atomic E-state index is 6.18. The van der Waals surface area contributed by atoms with Gasteiger partial charge in [0, 0.05) is 0 Å². The molecule has 1 aromatic carbocycles. The molecule has 2 rings (SSSR count). The van der Waals surface area contributed by atoms with Crippen LogP contribution in [0.4, 0.5) is 0 Å². The monoisotopic (exact) mass is 285 g/mol. The molecule has 0 unspecified atom stereocenters. The van der Waals surface area contributed by atoms with Crippen LogP contribution in [0, 0.1) is 0 Å². The van der Waals surface area contributed by atoms with Crippen molar-refractivity contribution in [3.8, 4) is 0 Å². The van der Waals surface area contributed by atoms with Crippen molar-refractivity contribution in [3.05, 3.63) is 33.8 Å². The van der Waals surface area contributed by atoms with Gasteiger partial charge in [-0.05, 0) is 56.0 Å². The average Bonchev–Trinajstić information content (AvgIpc) is 2.40. The van der Waals surface area contributed by atoms with Crippen LogP contribution in [0.15, 0.2) is 18.2 Å². The van der Waals surface area contributed by atoms with Crippen molar-refractivity contribution in [2.24, 2.45) is 0 Å². The topological polar surface area (TPSA) is 12.0 Å². The average molecular weight is 286 g/mol. The summed E-state index contributed by atoms with van der Waals surface area (Å²) < 4.78 is 0. The molecule has 1 aromatic rings. The Kier molecular flexibility index (Phi) is 4.94. The van der Waals surface area contributed by atoms with Crippen molar-refractivity contribution in [3.63, 3.8) is 0 Å². The third kappa shape index (κ3) is 3.01. The molecule has 1 saturated carbocycles. The molecule has 0 spiro atoms. The van der Waals surface area contributed by atoms with Crippen molar-refractivity contribution >= 4 is 23.2 Å². The van der Waals surface area contributed by atoms with E-state index in [1.54, 1.807) is 0 Å². The number of halogens is 2. The third-order valence-electron chi connectivity index (χ3n) is 4.20. The molecule has 0 atom stereocenters. The molecule has 1 N–H and O–H groups in total. The molecule has 0 radical (unpaired) electrons. The van der Waals surface area contributed by atoms with E-state index in [1.807, 2.05) is 13.1 Å². The second-order valence-electron chi connectivity index (χ2n) is 5.32. The van der Waals surface area contributed by atoms with E-state index in [1.165, 1.54) is 44.1 Å². The molecule has 0 aliphatic heterocycles. The van der Waals surface area contributed by atoms with Crippen molar-refractivity contribution in [2.75, 3.05) is 13.6 Å². The summed E-state index contributed by atoms with van der Waals surface area (Å²) in [5.41, 5.74) is 1.67. The van der Waals surface area contributed by atoms with Crippen molar-refractivity contribution < 1.29 is 0 Å². The first-order chi connectivity index (χ1) is 8.68. The summed E-state index contributed by atoms with van der Waals surface area (Å²) in [4.78, 5) is 0. The summed E-state index contributed by atoms with van der Waals surface area (Å²) in [5, 5.41) is 4.61. The van der Waals surface area contributed by atoms with Crippen molar-refractivity contribution in [2.45, 2.75) is 43.9 Å². The Balaban J connectivity index is 2.29. The molecule has 0 bridgehead atoms. The van der Waals surface area contributed by atoms with Gasteiger partial charge in [-0.1, -0.05) is 48.5 Å². The number of rotatable bonds is 4. The zero-order valence-electron chi connectivity index (χ0n) is 10.9. The minimum absolute atomic E-state index is 0.301.